The summed E-state index contributed by atoms with van der Waals surface area (Å²) in [4.78, 5) is 12.6. The van der Waals surface area contributed by atoms with Crippen LogP contribution in [0.3, 0.4) is 0 Å². The molecule has 0 aromatic carbocycles. The number of carbonyl (C=O) groups excluding carboxylic acids is 1. The molecule has 6 aliphatic rings. The zero-order valence-electron chi connectivity index (χ0n) is 30.7. The summed E-state index contributed by atoms with van der Waals surface area (Å²) in [5.74, 6) is -2.15. The van der Waals surface area contributed by atoms with E-state index in [-0.39, 0.29) is 44.4 Å². The summed E-state index contributed by atoms with van der Waals surface area (Å²) >= 11 is 0. The molecule has 0 spiro atoms. The van der Waals surface area contributed by atoms with Crippen LogP contribution >= 0.6 is 0 Å². The van der Waals surface area contributed by atoms with Gasteiger partial charge in [-0.25, -0.2) is 4.79 Å². The van der Waals surface area contributed by atoms with E-state index in [0.29, 0.717) is 12.8 Å². The smallest absolute Gasteiger partial charge is 0.330 e. The standard InChI is InChI=1S/C36H58O20/c37-11-24-28(45)30(47)32(49)35(55-24)53-22-9-15(38)8-21-16(22)10-23(34(52-21)14-6-19(41)27(44)20(42)7-14)54-36-33(50)31(48)29(46)25(56-36)12-51-26(43)4-2-13-1-3-17(39)18(40)5-13/h2,4,13-25,27-42,44-50H,1,3,5-12H2/p+1. The van der Waals surface area contributed by atoms with E-state index in [2.05, 4.69) is 0 Å². The van der Waals surface area contributed by atoms with Gasteiger partial charge in [0.15, 0.2) is 24.8 Å². The summed E-state index contributed by atoms with van der Waals surface area (Å²) in [5.41, 5.74) is 0. The number of hydrogen-bond acceptors (Lipinski definition) is 19. The van der Waals surface area contributed by atoms with Crippen molar-refractivity contribution in [2.45, 2.75) is 174 Å². The van der Waals surface area contributed by atoms with Crippen molar-refractivity contribution in [3.05, 3.63) is 12.2 Å². The average molecular weight is 812 g/mol. The van der Waals surface area contributed by atoms with Crippen molar-refractivity contribution < 1.29 is 99.6 Å². The topological polar surface area (TPSA) is 339 Å². The molecule has 3 aliphatic carbocycles. The highest BCUT2D eigenvalue weighted by Crippen LogP contribution is 2.44. The van der Waals surface area contributed by atoms with E-state index in [4.69, 9.17) is 28.4 Å². The molecule has 3 saturated heterocycles. The van der Waals surface area contributed by atoms with Crippen molar-refractivity contribution in [1.82, 2.24) is 0 Å². The molecule has 0 aromatic rings. The minimum atomic E-state index is -1.82. The zero-order chi connectivity index (χ0) is 40.6. The Hall–Kier alpha value is -1.51. The summed E-state index contributed by atoms with van der Waals surface area (Å²) in [6.07, 6.45) is -22.2. The lowest BCUT2D eigenvalue weighted by molar-refractivity contribution is -0.368. The van der Waals surface area contributed by atoms with E-state index < -0.39 is 153 Å². The third-order valence-electron chi connectivity index (χ3n) is 12.4. The second-order valence-electron chi connectivity index (χ2n) is 16.3. The molecule has 21 atom stereocenters. The maximum atomic E-state index is 12.6. The number of ether oxygens (including phenoxy) is 6. The van der Waals surface area contributed by atoms with Crippen LogP contribution in [-0.4, -0.2) is 213 Å². The largest absolute Gasteiger partial charge is 0.460 e. The van der Waals surface area contributed by atoms with Crippen LogP contribution in [-0.2, 0) is 28.5 Å². The van der Waals surface area contributed by atoms with Gasteiger partial charge in [0.05, 0.1) is 49.1 Å². The number of fused-ring (bicyclic) bond motifs is 1. The predicted molar refractivity (Wildman–Crippen MR) is 184 cm³/mol. The second-order valence-corrected chi connectivity index (χ2v) is 16.3. The Balaban J connectivity index is 1.18. The summed E-state index contributed by atoms with van der Waals surface area (Å²) in [7, 11) is 0. The van der Waals surface area contributed by atoms with Gasteiger partial charge in [-0.2, -0.15) is 0 Å². The quantitative estimate of drug-likeness (QED) is 0.0555. The maximum absolute atomic E-state index is 12.6. The van der Waals surface area contributed by atoms with E-state index in [9.17, 15) is 71.2 Å². The van der Waals surface area contributed by atoms with Gasteiger partial charge in [-0.15, -0.1) is 0 Å². The molecule has 6 fully saturated rings. The lowest BCUT2D eigenvalue weighted by atomic mass is 9.72. The first-order valence-electron chi connectivity index (χ1n) is 19.5. The van der Waals surface area contributed by atoms with Crippen molar-refractivity contribution in [2.24, 2.45) is 17.8 Å². The number of hydrogen-bond donors (Lipinski definition) is 13. The highest BCUT2D eigenvalue weighted by atomic mass is 16.7. The predicted octanol–water partition coefficient (Wildman–Crippen LogP) is -6.08. The van der Waals surface area contributed by atoms with Gasteiger partial charge in [0.25, 0.3) is 0 Å². The molecule has 6 rings (SSSR count). The first-order chi connectivity index (χ1) is 26.6. The minimum Gasteiger partial charge on any atom is -0.460 e. The molecular formula is C36H59O20+. The monoisotopic (exact) mass is 811 g/mol. The molecule has 56 heavy (non-hydrogen) atoms. The summed E-state index contributed by atoms with van der Waals surface area (Å²) < 4.78 is 34.2. The number of allylic oxidation sites excluding steroid dienone is 1. The van der Waals surface area contributed by atoms with Crippen molar-refractivity contribution in [3.63, 3.8) is 0 Å². The van der Waals surface area contributed by atoms with Crippen molar-refractivity contribution in [3.8, 4) is 0 Å². The molecule has 3 aliphatic heterocycles. The molecule has 0 aromatic heterocycles. The Kier molecular flexibility index (Phi) is 14.8. The second kappa shape index (κ2) is 18.8. The fourth-order valence-electron chi connectivity index (χ4n) is 9.15. The van der Waals surface area contributed by atoms with E-state index in [1.54, 1.807) is 6.08 Å². The Labute approximate surface area is 322 Å². The van der Waals surface area contributed by atoms with Gasteiger partial charge in [-0.05, 0) is 44.4 Å². The third kappa shape index (κ3) is 9.75. The SMILES string of the molecule is O=C(C=CC1CCC(O)C(O)C1)OCC1OC(OC2CC3C(OC4OC(CO)C(O)C(O)C4O)CC(O)CC3[OH+]C2C2CC(O)C(O)C(O)C2)C(O)C(O)C1O. The fraction of sp³-hybridized carbons (Fsp3) is 0.917. The highest BCUT2D eigenvalue weighted by molar-refractivity contribution is 5.81. The van der Waals surface area contributed by atoms with Crippen molar-refractivity contribution in [1.29, 1.82) is 0 Å². The summed E-state index contributed by atoms with van der Waals surface area (Å²) in [6, 6.07) is 0. The van der Waals surface area contributed by atoms with E-state index >= 15 is 0 Å². The van der Waals surface area contributed by atoms with Crippen LogP contribution in [0.2, 0.25) is 0 Å². The zero-order valence-corrected chi connectivity index (χ0v) is 30.7. The average Bonchev–Trinajstić information content (AvgIpc) is 3.16. The Bertz CT molecular complexity index is 1290. The van der Waals surface area contributed by atoms with Crippen LogP contribution in [0.1, 0.15) is 51.4 Å². The lowest BCUT2D eigenvalue weighted by Gasteiger charge is -2.50. The number of aliphatic hydroxyl groups excluding tert-OH is 13. The fourth-order valence-corrected chi connectivity index (χ4v) is 9.15. The molecular weight excluding hydrogens is 752 g/mol. The number of aliphatic hydroxyl groups is 15. The Morgan fingerprint density at radius 2 is 1.23 bits per heavy atom. The molecule has 3 heterocycles. The molecule has 14 N–H and O–H groups in total. The molecule has 20 heteroatoms. The van der Waals surface area contributed by atoms with Gasteiger partial charge in [0.2, 0.25) is 0 Å². The molecule has 322 valence electrons. The van der Waals surface area contributed by atoms with Gasteiger partial charge in [0.1, 0.15) is 67.6 Å². The van der Waals surface area contributed by atoms with Gasteiger partial charge in [-0.3, -0.25) is 0 Å². The normalized spacial score (nSPS) is 51.7. The lowest BCUT2D eigenvalue weighted by Crippen LogP contribution is -2.64. The van der Waals surface area contributed by atoms with Crippen molar-refractivity contribution >= 4 is 5.97 Å². The van der Waals surface area contributed by atoms with Crippen LogP contribution in [0.25, 0.3) is 0 Å². The highest BCUT2D eigenvalue weighted by Gasteiger charge is 2.57. The molecule has 0 radical (unpaired) electrons. The minimum absolute atomic E-state index is 0.00109. The Morgan fingerprint density at radius 3 is 1.86 bits per heavy atom. The molecule has 0 amide bonds. The summed E-state index contributed by atoms with van der Waals surface area (Å²) in [5, 5.41) is 136. The number of carbonyl (C=O) groups is 1. The van der Waals surface area contributed by atoms with Crippen LogP contribution in [0.15, 0.2) is 12.2 Å². The van der Waals surface area contributed by atoms with Crippen LogP contribution < -0.4 is 0 Å². The van der Waals surface area contributed by atoms with Gasteiger partial charge in [0, 0.05) is 24.8 Å². The van der Waals surface area contributed by atoms with Gasteiger partial charge >= 0.3 is 5.97 Å². The van der Waals surface area contributed by atoms with E-state index in [1.165, 1.54) is 0 Å². The van der Waals surface area contributed by atoms with Crippen molar-refractivity contribution in [2.75, 3.05) is 13.2 Å². The van der Waals surface area contributed by atoms with E-state index in [1.807, 2.05) is 0 Å². The molecule has 21 unspecified atom stereocenters. The van der Waals surface area contributed by atoms with Gasteiger partial charge < -0.3 is 94.8 Å². The maximum Gasteiger partial charge on any atom is 0.330 e. The third-order valence-corrected chi connectivity index (χ3v) is 12.4. The van der Waals surface area contributed by atoms with Crippen LogP contribution in [0.5, 0.6) is 0 Å². The molecule has 20 nitrogen and oxygen atoms in total. The Morgan fingerprint density at radius 1 is 0.625 bits per heavy atom. The molecule has 3 saturated carbocycles. The summed E-state index contributed by atoms with van der Waals surface area (Å²) in [6.45, 7) is -1.25. The van der Waals surface area contributed by atoms with Gasteiger partial charge in [-0.1, -0.05) is 6.08 Å². The van der Waals surface area contributed by atoms with Crippen LogP contribution in [0, 0.1) is 17.8 Å². The number of esters is 1. The van der Waals surface area contributed by atoms with E-state index in [0.717, 1.165) is 6.08 Å². The first-order valence-corrected chi connectivity index (χ1v) is 19.5. The molecule has 0 bridgehead atoms. The van der Waals surface area contributed by atoms with Crippen LogP contribution in [0.4, 0.5) is 0 Å². The first kappa shape index (κ1) is 44.1. The number of rotatable bonds is 10.